The molecule has 35 heavy (non-hydrogen) atoms. The second-order valence-electron chi connectivity index (χ2n) is 7.21. The molecule has 0 aliphatic carbocycles. The van der Waals surface area contributed by atoms with E-state index in [1.165, 1.54) is 12.1 Å². The number of imide groups is 1. The third kappa shape index (κ3) is 5.61. The highest BCUT2D eigenvalue weighted by atomic mass is 35.5. The van der Waals surface area contributed by atoms with Crippen molar-refractivity contribution in [1.29, 1.82) is 0 Å². The summed E-state index contributed by atoms with van der Waals surface area (Å²) in [7, 11) is 0. The standard InChI is InChI=1S/C24H18ClN3O6S/c1-2-33-20-11-15(7-9-19(20)34-22-10-8-17(13-26-22)28(31)32)12-21-23(29)27(24(30)35-21)14-16-5-3-4-6-18(16)25/h3-13H,2,14H2,1H3/b21-12-. The summed E-state index contributed by atoms with van der Waals surface area (Å²) in [4.78, 5) is 41.0. The topological polar surface area (TPSA) is 112 Å². The Balaban J connectivity index is 1.54. The van der Waals surface area contributed by atoms with Gasteiger partial charge in [-0.3, -0.25) is 24.6 Å². The average molecular weight is 512 g/mol. The van der Waals surface area contributed by atoms with Gasteiger partial charge >= 0.3 is 0 Å². The van der Waals surface area contributed by atoms with Crippen LogP contribution >= 0.6 is 23.4 Å². The largest absolute Gasteiger partial charge is 0.490 e. The van der Waals surface area contributed by atoms with Crippen LogP contribution in [0.5, 0.6) is 17.4 Å². The van der Waals surface area contributed by atoms with Crippen LogP contribution in [0.15, 0.2) is 65.7 Å². The molecule has 11 heteroatoms. The van der Waals surface area contributed by atoms with Crippen molar-refractivity contribution in [3.8, 4) is 17.4 Å². The summed E-state index contributed by atoms with van der Waals surface area (Å²) in [5.74, 6) is 0.479. The Bertz CT molecular complexity index is 1330. The SMILES string of the molecule is CCOc1cc(/C=C2\SC(=O)N(Cc3ccccc3Cl)C2=O)ccc1Oc1ccc([N+](=O)[O-])cn1. The molecule has 1 aliphatic rings. The number of carbonyl (C=O) groups is 2. The number of benzene rings is 2. The van der Waals surface area contributed by atoms with Crippen molar-refractivity contribution in [2.24, 2.45) is 0 Å². The number of hydrogen-bond acceptors (Lipinski definition) is 8. The van der Waals surface area contributed by atoms with E-state index >= 15 is 0 Å². The molecule has 1 aromatic heterocycles. The summed E-state index contributed by atoms with van der Waals surface area (Å²) >= 11 is 7.02. The number of rotatable bonds is 8. The Morgan fingerprint density at radius 3 is 2.63 bits per heavy atom. The molecule has 178 valence electrons. The van der Waals surface area contributed by atoms with E-state index in [0.717, 1.165) is 22.9 Å². The molecule has 0 bridgehead atoms. The third-order valence-corrected chi connectivity index (χ3v) is 6.15. The first-order chi connectivity index (χ1) is 16.9. The van der Waals surface area contributed by atoms with Gasteiger partial charge in [-0.2, -0.15) is 0 Å². The summed E-state index contributed by atoms with van der Waals surface area (Å²) in [6.07, 6.45) is 2.71. The number of halogens is 1. The highest BCUT2D eigenvalue weighted by molar-refractivity contribution is 8.18. The number of aromatic nitrogens is 1. The quantitative estimate of drug-likeness (QED) is 0.203. The van der Waals surface area contributed by atoms with Gasteiger partial charge in [-0.1, -0.05) is 35.9 Å². The number of carbonyl (C=O) groups excluding carboxylic acids is 2. The lowest BCUT2D eigenvalue weighted by atomic mass is 10.1. The zero-order valence-electron chi connectivity index (χ0n) is 18.3. The van der Waals surface area contributed by atoms with Crippen LogP contribution in [0.4, 0.5) is 10.5 Å². The predicted molar refractivity (Wildman–Crippen MR) is 132 cm³/mol. The normalized spacial score (nSPS) is 14.5. The molecule has 1 aliphatic heterocycles. The fourth-order valence-electron chi connectivity index (χ4n) is 3.21. The maximum Gasteiger partial charge on any atom is 0.293 e. The molecule has 1 saturated heterocycles. The molecular formula is C24H18ClN3O6S. The summed E-state index contributed by atoms with van der Waals surface area (Å²) < 4.78 is 11.4. The van der Waals surface area contributed by atoms with Crippen LogP contribution in [0, 0.1) is 10.1 Å². The monoisotopic (exact) mass is 511 g/mol. The average Bonchev–Trinajstić information content (AvgIpc) is 3.10. The van der Waals surface area contributed by atoms with Crippen LogP contribution < -0.4 is 9.47 Å². The first-order valence-corrected chi connectivity index (χ1v) is 11.6. The van der Waals surface area contributed by atoms with Crippen LogP contribution in [0.25, 0.3) is 6.08 Å². The molecule has 4 rings (SSSR count). The lowest BCUT2D eigenvalue weighted by Crippen LogP contribution is -2.27. The minimum atomic E-state index is -0.548. The van der Waals surface area contributed by atoms with E-state index in [1.807, 2.05) is 0 Å². The van der Waals surface area contributed by atoms with E-state index in [1.54, 1.807) is 55.5 Å². The van der Waals surface area contributed by atoms with Crippen molar-refractivity contribution in [3.63, 3.8) is 0 Å². The van der Waals surface area contributed by atoms with Crippen molar-refractivity contribution in [1.82, 2.24) is 9.88 Å². The lowest BCUT2D eigenvalue weighted by Gasteiger charge is -2.13. The number of ether oxygens (including phenoxy) is 2. The van der Waals surface area contributed by atoms with Crippen LogP contribution in [-0.2, 0) is 11.3 Å². The summed E-state index contributed by atoms with van der Waals surface area (Å²) in [5.41, 5.74) is 1.15. The summed E-state index contributed by atoms with van der Waals surface area (Å²) in [5, 5.41) is 10.9. The molecule has 0 spiro atoms. The Morgan fingerprint density at radius 2 is 1.94 bits per heavy atom. The van der Waals surface area contributed by atoms with Gasteiger partial charge in [0.25, 0.3) is 16.8 Å². The molecule has 0 radical (unpaired) electrons. The van der Waals surface area contributed by atoms with Gasteiger partial charge in [0.15, 0.2) is 11.5 Å². The van der Waals surface area contributed by atoms with Crippen molar-refractivity contribution < 1.29 is 24.0 Å². The number of nitrogens with zero attached hydrogens (tertiary/aromatic N) is 3. The Morgan fingerprint density at radius 1 is 1.14 bits per heavy atom. The summed E-state index contributed by atoms with van der Waals surface area (Å²) in [6, 6.07) is 14.7. The van der Waals surface area contributed by atoms with Crippen LogP contribution in [0.3, 0.4) is 0 Å². The number of pyridine rings is 1. The molecule has 2 amide bonds. The Kier molecular flexibility index (Phi) is 7.33. The van der Waals surface area contributed by atoms with E-state index in [0.29, 0.717) is 34.3 Å². The fraction of sp³-hybridized carbons (Fsp3) is 0.125. The second-order valence-corrected chi connectivity index (χ2v) is 8.61. The molecule has 0 N–H and O–H groups in total. The molecule has 3 aromatic rings. The number of nitro groups is 1. The van der Waals surface area contributed by atoms with Crippen molar-refractivity contribution in [2.45, 2.75) is 13.5 Å². The zero-order valence-corrected chi connectivity index (χ0v) is 19.9. The summed E-state index contributed by atoms with van der Waals surface area (Å²) in [6.45, 7) is 2.24. The molecule has 2 heterocycles. The molecular weight excluding hydrogens is 494 g/mol. The second kappa shape index (κ2) is 10.6. The van der Waals surface area contributed by atoms with Crippen molar-refractivity contribution >= 4 is 46.3 Å². The highest BCUT2D eigenvalue weighted by Crippen LogP contribution is 2.37. The van der Waals surface area contributed by atoms with E-state index in [4.69, 9.17) is 21.1 Å². The Hall–Kier alpha value is -3.89. The van der Waals surface area contributed by atoms with Gasteiger partial charge in [-0.05, 0) is 54.1 Å². The maximum absolute atomic E-state index is 12.9. The number of thioether (sulfide) groups is 1. The van der Waals surface area contributed by atoms with Gasteiger partial charge < -0.3 is 9.47 Å². The predicted octanol–water partition coefficient (Wildman–Crippen LogP) is 6.07. The molecule has 2 aromatic carbocycles. The Labute approximate surface area is 209 Å². The highest BCUT2D eigenvalue weighted by Gasteiger charge is 2.35. The van der Waals surface area contributed by atoms with Gasteiger partial charge in [0, 0.05) is 17.2 Å². The van der Waals surface area contributed by atoms with E-state index < -0.39 is 10.8 Å². The van der Waals surface area contributed by atoms with E-state index in [-0.39, 0.29) is 28.3 Å². The van der Waals surface area contributed by atoms with E-state index in [9.17, 15) is 19.7 Å². The minimum absolute atomic E-state index is 0.0842. The van der Waals surface area contributed by atoms with Crippen LogP contribution in [0.1, 0.15) is 18.1 Å². The molecule has 0 atom stereocenters. The van der Waals surface area contributed by atoms with Crippen LogP contribution in [0.2, 0.25) is 5.02 Å². The zero-order chi connectivity index (χ0) is 24.9. The number of amides is 2. The van der Waals surface area contributed by atoms with Crippen molar-refractivity contribution in [3.05, 3.63) is 92.0 Å². The molecule has 0 saturated carbocycles. The van der Waals surface area contributed by atoms with Gasteiger partial charge in [0.05, 0.1) is 23.0 Å². The fourth-order valence-corrected chi connectivity index (χ4v) is 4.24. The molecule has 0 unspecified atom stereocenters. The molecule has 1 fully saturated rings. The smallest absolute Gasteiger partial charge is 0.293 e. The van der Waals surface area contributed by atoms with Gasteiger partial charge in [-0.25, -0.2) is 4.98 Å². The number of hydrogen-bond donors (Lipinski definition) is 0. The van der Waals surface area contributed by atoms with Gasteiger partial charge in [0.2, 0.25) is 5.88 Å². The van der Waals surface area contributed by atoms with Gasteiger partial charge in [-0.15, -0.1) is 0 Å². The first-order valence-electron chi connectivity index (χ1n) is 10.4. The maximum atomic E-state index is 12.9. The van der Waals surface area contributed by atoms with Crippen LogP contribution in [-0.4, -0.2) is 32.6 Å². The minimum Gasteiger partial charge on any atom is -0.490 e. The lowest BCUT2D eigenvalue weighted by molar-refractivity contribution is -0.385. The van der Waals surface area contributed by atoms with Gasteiger partial charge in [0.1, 0.15) is 6.20 Å². The van der Waals surface area contributed by atoms with E-state index in [2.05, 4.69) is 4.98 Å². The first kappa shape index (κ1) is 24.2. The van der Waals surface area contributed by atoms with Crippen molar-refractivity contribution in [2.75, 3.05) is 6.61 Å². The third-order valence-electron chi connectivity index (χ3n) is 4.87. The molecule has 9 nitrogen and oxygen atoms in total.